The van der Waals surface area contributed by atoms with Crippen LogP contribution in [0.4, 0.5) is 0 Å². The zero-order valence-corrected chi connectivity index (χ0v) is 12.7. The van der Waals surface area contributed by atoms with E-state index < -0.39 is 0 Å². The Morgan fingerprint density at radius 3 is 3.25 bits per heavy atom. The third-order valence-electron chi connectivity index (χ3n) is 3.30. The molecular weight excluding hydrogens is 274 g/mol. The molecule has 0 spiro atoms. The zero-order valence-electron chi connectivity index (χ0n) is 11.9. The third-order valence-corrected chi connectivity index (χ3v) is 4.23. The predicted octanol–water partition coefficient (Wildman–Crippen LogP) is 0.327. The first kappa shape index (κ1) is 15.4. The van der Waals surface area contributed by atoms with Gasteiger partial charge in [-0.1, -0.05) is 6.07 Å². The first-order valence-corrected chi connectivity index (χ1v) is 7.93. The van der Waals surface area contributed by atoms with E-state index >= 15 is 0 Å². The molecule has 0 radical (unpaired) electrons. The maximum Gasteiger partial charge on any atom is 0.234 e. The van der Waals surface area contributed by atoms with Gasteiger partial charge in [-0.25, -0.2) is 0 Å². The van der Waals surface area contributed by atoms with Gasteiger partial charge in [0.15, 0.2) is 0 Å². The molecule has 1 amide bonds. The van der Waals surface area contributed by atoms with E-state index in [-0.39, 0.29) is 12.0 Å². The second kappa shape index (κ2) is 8.36. The van der Waals surface area contributed by atoms with Crippen molar-refractivity contribution >= 4 is 17.2 Å². The summed E-state index contributed by atoms with van der Waals surface area (Å²) < 4.78 is 5.63. The Kier molecular flexibility index (Phi) is 6.46. The Bertz CT molecular complexity index is 395. The van der Waals surface area contributed by atoms with Crippen molar-refractivity contribution in [3.63, 3.8) is 0 Å². The third kappa shape index (κ3) is 5.20. The number of thiophene rings is 1. The molecule has 1 aromatic heterocycles. The van der Waals surface area contributed by atoms with Crippen LogP contribution in [0, 0.1) is 0 Å². The zero-order chi connectivity index (χ0) is 14.2. The van der Waals surface area contributed by atoms with E-state index in [1.54, 1.807) is 11.3 Å². The molecule has 1 saturated heterocycles. The van der Waals surface area contributed by atoms with Crippen molar-refractivity contribution in [3.05, 3.63) is 22.4 Å². The lowest BCUT2D eigenvalue weighted by Gasteiger charge is -2.32. The fraction of sp³-hybridized carbons (Fsp3) is 0.643. The van der Waals surface area contributed by atoms with Gasteiger partial charge in [-0.15, -0.1) is 11.3 Å². The standard InChI is InChI=1S/C14H23N3O2S/c1-15-9-12-10-17(6-7-19-12)11-14(18)16-5-4-13-3-2-8-20-13/h2-3,8,12,15H,4-7,9-11H2,1H3,(H,16,18). The minimum absolute atomic E-state index is 0.103. The number of ether oxygens (including phenoxy) is 1. The highest BCUT2D eigenvalue weighted by Crippen LogP contribution is 2.08. The average molecular weight is 297 g/mol. The second-order valence-corrected chi connectivity index (χ2v) is 6.00. The second-order valence-electron chi connectivity index (χ2n) is 4.96. The normalized spacial score (nSPS) is 19.9. The van der Waals surface area contributed by atoms with E-state index in [4.69, 9.17) is 4.74 Å². The van der Waals surface area contributed by atoms with Gasteiger partial charge in [-0.05, 0) is 24.9 Å². The van der Waals surface area contributed by atoms with Crippen LogP contribution in [-0.4, -0.2) is 63.3 Å². The molecule has 1 unspecified atom stereocenters. The molecule has 1 fully saturated rings. The van der Waals surface area contributed by atoms with Crippen molar-refractivity contribution in [2.24, 2.45) is 0 Å². The monoisotopic (exact) mass is 297 g/mol. The van der Waals surface area contributed by atoms with Gasteiger partial charge in [0.05, 0.1) is 19.3 Å². The van der Waals surface area contributed by atoms with Crippen molar-refractivity contribution in [3.8, 4) is 0 Å². The number of rotatable bonds is 7. The minimum Gasteiger partial charge on any atom is -0.374 e. The Morgan fingerprint density at radius 1 is 1.60 bits per heavy atom. The minimum atomic E-state index is 0.103. The molecule has 1 aliphatic rings. The van der Waals surface area contributed by atoms with Gasteiger partial charge >= 0.3 is 0 Å². The van der Waals surface area contributed by atoms with Crippen molar-refractivity contribution in [2.45, 2.75) is 12.5 Å². The molecule has 1 aromatic rings. The number of nitrogens with zero attached hydrogens (tertiary/aromatic N) is 1. The summed E-state index contributed by atoms with van der Waals surface area (Å²) in [4.78, 5) is 15.4. The average Bonchev–Trinajstić information content (AvgIpc) is 2.93. The van der Waals surface area contributed by atoms with Crippen LogP contribution in [-0.2, 0) is 16.0 Å². The van der Waals surface area contributed by atoms with Gasteiger partial charge in [-0.3, -0.25) is 9.69 Å². The first-order chi connectivity index (χ1) is 9.78. The van der Waals surface area contributed by atoms with Gasteiger partial charge < -0.3 is 15.4 Å². The highest BCUT2D eigenvalue weighted by molar-refractivity contribution is 7.09. The van der Waals surface area contributed by atoms with E-state index in [0.29, 0.717) is 19.7 Å². The Morgan fingerprint density at radius 2 is 2.50 bits per heavy atom. The van der Waals surface area contributed by atoms with Gasteiger partial charge in [0.2, 0.25) is 5.91 Å². The lowest BCUT2D eigenvalue weighted by atomic mass is 10.2. The smallest absolute Gasteiger partial charge is 0.234 e. The summed E-state index contributed by atoms with van der Waals surface area (Å²) in [7, 11) is 1.92. The number of nitrogens with one attached hydrogen (secondary N) is 2. The summed E-state index contributed by atoms with van der Waals surface area (Å²) in [5, 5.41) is 8.16. The number of likely N-dealkylation sites (N-methyl/N-ethyl adjacent to an activating group) is 1. The van der Waals surface area contributed by atoms with Crippen molar-refractivity contribution in [2.75, 3.05) is 46.4 Å². The fourth-order valence-corrected chi connectivity index (χ4v) is 3.02. The van der Waals surface area contributed by atoms with Crippen molar-refractivity contribution < 1.29 is 9.53 Å². The predicted molar refractivity (Wildman–Crippen MR) is 81.1 cm³/mol. The topological polar surface area (TPSA) is 53.6 Å². The van der Waals surface area contributed by atoms with Crippen LogP contribution in [0.1, 0.15) is 4.88 Å². The maximum atomic E-state index is 11.9. The molecule has 2 heterocycles. The number of hydrogen-bond donors (Lipinski definition) is 2. The van der Waals surface area contributed by atoms with Crippen LogP contribution in [0.15, 0.2) is 17.5 Å². The number of carbonyl (C=O) groups is 1. The molecule has 0 saturated carbocycles. The molecule has 112 valence electrons. The summed E-state index contributed by atoms with van der Waals surface area (Å²) in [5.74, 6) is 0.103. The summed E-state index contributed by atoms with van der Waals surface area (Å²) in [6.07, 6.45) is 1.10. The molecule has 0 bridgehead atoms. The van der Waals surface area contributed by atoms with E-state index in [2.05, 4.69) is 27.0 Å². The lowest BCUT2D eigenvalue weighted by Crippen LogP contribution is -2.49. The quantitative estimate of drug-likeness (QED) is 0.761. The van der Waals surface area contributed by atoms with E-state index in [0.717, 1.165) is 26.1 Å². The van der Waals surface area contributed by atoms with Crippen LogP contribution >= 0.6 is 11.3 Å². The van der Waals surface area contributed by atoms with Crippen molar-refractivity contribution in [1.29, 1.82) is 0 Å². The number of carbonyl (C=O) groups excluding carboxylic acids is 1. The molecule has 2 rings (SSSR count). The van der Waals surface area contributed by atoms with Crippen LogP contribution in [0.3, 0.4) is 0 Å². The molecule has 0 aromatic carbocycles. The SMILES string of the molecule is CNCC1CN(CC(=O)NCCc2cccs2)CCO1. The highest BCUT2D eigenvalue weighted by atomic mass is 32.1. The molecule has 2 N–H and O–H groups in total. The van der Waals surface area contributed by atoms with Gasteiger partial charge in [0, 0.05) is 31.1 Å². The lowest BCUT2D eigenvalue weighted by molar-refractivity contribution is -0.124. The number of amides is 1. The largest absolute Gasteiger partial charge is 0.374 e. The van der Waals surface area contributed by atoms with E-state index in [1.807, 2.05) is 13.1 Å². The van der Waals surface area contributed by atoms with E-state index in [1.165, 1.54) is 4.88 Å². The van der Waals surface area contributed by atoms with Crippen LogP contribution < -0.4 is 10.6 Å². The molecule has 1 aliphatic heterocycles. The summed E-state index contributed by atoms with van der Waals surface area (Å²) in [5.41, 5.74) is 0. The Labute approximate surface area is 124 Å². The molecule has 0 aliphatic carbocycles. The van der Waals surface area contributed by atoms with E-state index in [9.17, 15) is 4.79 Å². The molecular formula is C14H23N3O2S. The van der Waals surface area contributed by atoms with Gasteiger partial charge in [0.1, 0.15) is 0 Å². The van der Waals surface area contributed by atoms with Crippen LogP contribution in [0.5, 0.6) is 0 Å². The number of hydrogen-bond acceptors (Lipinski definition) is 5. The van der Waals surface area contributed by atoms with Crippen LogP contribution in [0.2, 0.25) is 0 Å². The number of morpholine rings is 1. The molecule has 1 atom stereocenters. The maximum absolute atomic E-state index is 11.9. The Hall–Kier alpha value is -0.950. The Balaban J connectivity index is 1.63. The summed E-state index contributed by atoms with van der Waals surface area (Å²) >= 11 is 1.73. The fourth-order valence-electron chi connectivity index (χ4n) is 2.31. The van der Waals surface area contributed by atoms with Crippen molar-refractivity contribution in [1.82, 2.24) is 15.5 Å². The van der Waals surface area contributed by atoms with Crippen LogP contribution in [0.25, 0.3) is 0 Å². The van der Waals surface area contributed by atoms with Gasteiger partial charge in [0.25, 0.3) is 0 Å². The first-order valence-electron chi connectivity index (χ1n) is 7.05. The molecule has 20 heavy (non-hydrogen) atoms. The highest BCUT2D eigenvalue weighted by Gasteiger charge is 2.21. The summed E-state index contributed by atoms with van der Waals surface area (Å²) in [6, 6.07) is 4.14. The summed E-state index contributed by atoms with van der Waals surface area (Å²) in [6.45, 7) is 4.36. The van der Waals surface area contributed by atoms with Gasteiger partial charge in [-0.2, -0.15) is 0 Å². The molecule has 6 heteroatoms. The molecule has 5 nitrogen and oxygen atoms in total.